The van der Waals surface area contributed by atoms with Gasteiger partial charge >= 0.3 is 0 Å². The lowest BCUT2D eigenvalue weighted by atomic mass is 9.70. The maximum Gasteiger partial charge on any atom is 0.251 e. The predicted octanol–water partition coefficient (Wildman–Crippen LogP) is 5.98. The summed E-state index contributed by atoms with van der Waals surface area (Å²) in [7, 11) is 0. The van der Waals surface area contributed by atoms with Gasteiger partial charge < -0.3 is 24.5 Å². The Morgan fingerprint density at radius 1 is 1.07 bits per heavy atom. The van der Waals surface area contributed by atoms with Gasteiger partial charge in [0.15, 0.2) is 0 Å². The minimum Gasteiger partial charge on any atom is -0.494 e. The van der Waals surface area contributed by atoms with Gasteiger partial charge in [-0.05, 0) is 74.2 Å². The molecule has 0 aromatic heterocycles. The SMILES string of the molecule is C=CCN(C(=O)C1N([C@@H](CO)[C@@H](C)CC)C(=O)[C@@H]2[C@@H](C(=O)N(CC=C)c3ccc(OCC)cc3)[C@H]3CCC12S3)c1ccc(Cl)cc1. The van der Waals surface area contributed by atoms with Crippen LogP contribution in [0.25, 0.3) is 0 Å². The van der Waals surface area contributed by atoms with Crippen molar-refractivity contribution in [3.05, 3.63) is 78.9 Å². The van der Waals surface area contributed by atoms with Gasteiger partial charge in [0.2, 0.25) is 11.8 Å². The second-order valence-electron chi connectivity index (χ2n) is 12.3. The van der Waals surface area contributed by atoms with E-state index in [2.05, 4.69) is 13.2 Å². The number of nitrogens with zero attached hydrogens (tertiary/aromatic N) is 3. The Balaban J connectivity index is 1.58. The molecule has 3 heterocycles. The molecule has 3 aliphatic heterocycles. The number of aliphatic hydroxyl groups is 1. The monoisotopic (exact) mass is 665 g/mol. The first-order valence-corrected chi connectivity index (χ1v) is 17.4. The number of amides is 3. The van der Waals surface area contributed by atoms with E-state index in [4.69, 9.17) is 16.3 Å². The summed E-state index contributed by atoms with van der Waals surface area (Å²) in [5, 5.41) is 11.1. The van der Waals surface area contributed by atoms with Crippen molar-refractivity contribution in [3.63, 3.8) is 0 Å². The Morgan fingerprint density at radius 2 is 1.65 bits per heavy atom. The number of likely N-dealkylation sites (tertiary alicyclic amines) is 1. The number of ether oxygens (including phenoxy) is 1. The highest BCUT2D eigenvalue weighted by molar-refractivity contribution is 8.02. The third-order valence-electron chi connectivity index (χ3n) is 9.86. The van der Waals surface area contributed by atoms with Crippen molar-refractivity contribution in [2.24, 2.45) is 17.8 Å². The van der Waals surface area contributed by atoms with Gasteiger partial charge in [-0.1, -0.05) is 44.0 Å². The van der Waals surface area contributed by atoms with Crippen LogP contribution in [0.1, 0.15) is 40.0 Å². The van der Waals surface area contributed by atoms with E-state index in [-0.39, 0.29) is 48.6 Å². The molecule has 3 amide bonds. The number of carbonyl (C=O) groups is 3. The third kappa shape index (κ3) is 5.86. The van der Waals surface area contributed by atoms with Crippen molar-refractivity contribution in [2.45, 2.75) is 62.1 Å². The summed E-state index contributed by atoms with van der Waals surface area (Å²) < 4.78 is 4.79. The lowest BCUT2D eigenvalue weighted by molar-refractivity contribution is -0.143. The molecule has 3 saturated heterocycles. The molecule has 10 heteroatoms. The highest BCUT2D eigenvalue weighted by atomic mass is 35.5. The molecule has 5 rings (SSSR count). The Hall–Kier alpha value is -3.27. The topological polar surface area (TPSA) is 90.4 Å². The van der Waals surface area contributed by atoms with E-state index in [0.717, 1.165) is 0 Å². The van der Waals surface area contributed by atoms with Crippen LogP contribution in [0.15, 0.2) is 73.8 Å². The molecule has 1 spiro atoms. The standard InChI is InChI=1S/C36H44ClN3O5S/c1-6-20-38(26-14-16-27(17-15-26)45-9-4)33(42)30-29-18-19-36(46-29)31(30)34(43)40(28(22-41)23(5)8-3)32(36)35(44)39(21-7-2)25-12-10-24(37)11-13-25/h6-7,10-17,23,28-32,41H,1-2,8-9,18-22H2,3-5H3/t23-,28-,29+,30-,31-,32?,36?/m0/s1. The number of halogens is 1. The largest absolute Gasteiger partial charge is 0.494 e. The van der Waals surface area contributed by atoms with Crippen LogP contribution in [0.4, 0.5) is 11.4 Å². The lowest BCUT2D eigenvalue weighted by Gasteiger charge is -2.41. The fraction of sp³-hybridized carbons (Fsp3) is 0.472. The minimum absolute atomic E-state index is 0.0691. The van der Waals surface area contributed by atoms with Crippen LogP contribution >= 0.6 is 23.4 Å². The predicted molar refractivity (Wildman–Crippen MR) is 185 cm³/mol. The zero-order chi connectivity index (χ0) is 33.2. The van der Waals surface area contributed by atoms with Crippen LogP contribution in [0.5, 0.6) is 5.75 Å². The van der Waals surface area contributed by atoms with Gasteiger partial charge in [-0.3, -0.25) is 14.4 Å². The molecule has 0 aliphatic carbocycles. The van der Waals surface area contributed by atoms with Crippen LogP contribution in [0.3, 0.4) is 0 Å². The van der Waals surface area contributed by atoms with Gasteiger partial charge in [-0.2, -0.15) is 0 Å². The molecule has 7 atom stereocenters. The van der Waals surface area contributed by atoms with Gasteiger partial charge in [-0.25, -0.2) is 0 Å². The maximum atomic E-state index is 14.9. The number of benzene rings is 2. The van der Waals surface area contributed by atoms with Gasteiger partial charge in [0.05, 0.1) is 35.8 Å². The quantitative estimate of drug-likeness (QED) is 0.250. The van der Waals surface area contributed by atoms with E-state index in [1.54, 1.807) is 62.9 Å². The van der Waals surface area contributed by atoms with Gasteiger partial charge in [0, 0.05) is 34.7 Å². The summed E-state index contributed by atoms with van der Waals surface area (Å²) in [5.74, 6) is -1.32. The van der Waals surface area contributed by atoms with Crippen molar-refractivity contribution in [1.82, 2.24) is 4.90 Å². The summed E-state index contributed by atoms with van der Waals surface area (Å²) in [6.45, 7) is 14.5. The van der Waals surface area contributed by atoms with Gasteiger partial charge in [0.25, 0.3) is 5.91 Å². The highest BCUT2D eigenvalue weighted by Gasteiger charge is 2.75. The first kappa shape index (κ1) is 34.1. The summed E-state index contributed by atoms with van der Waals surface area (Å²) >= 11 is 7.80. The zero-order valence-electron chi connectivity index (χ0n) is 26.8. The van der Waals surface area contributed by atoms with Crippen molar-refractivity contribution in [1.29, 1.82) is 0 Å². The number of anilines is 2. The summed E-state index contributed by atoms with van der Waals surface area (Å²) in [4.78, 5) is 49.3. The second-order valence-corrected chi connectivity index (χ2v) is 14.4. The minimum atomic E-state index is -0.863. The van der Waals surface area contributed by atoms with Crippen molar-refractivity contribution < 1.29 is 24.2 Å². The van der Waals surface area contributed by atoms with Crippen LogP contribution in [0.2, 0.25) is 5.02 Å². The maximum absolute atomic E-state index is 14.9. The smallest absolute Gasteiger partial charge is 0.251 e. The number of rotatable bonds is 14. The number of hydrogen-bond acceptors (Lipinski definition) is 6. The van der Waals surface area contributed by atoms with Gasteiger partial charge in [-0.15, -0.1) is 24.9 Å². The Morgan fingerprint density at radius 3 is 2.20 bits per heavy atom. The van der Waals surface area contributed by atoms with Crippen LogP contribution in [-0.4, -0.2) is 76.1 Å². The normalized spacial score (nSPS) is 25.9. The molecule has 3 aliphatic rings. The van der Waals surface area contributed by atoms with Crippen molar-refractivity contribution in [2.75, 3.05) is 36.1 Å². The summed E-state index contributed by atoms with van der Waals surface area (Å²) in [5.41, 5.74) is 1.33. The fourth-order valence-electron chi connectivity index (χ4n) is 7.56. The lowest BCUT2D eigenvalue weighted by Crippen LogP contribution is -2.58. The molecular formula is C36H44ClN3O5S. The molecule has 0 saturated carbocycles. The third-order valence-corrected chi connectivity index (χ3v) is 12.1. The molecule has 3 fully saturated rings. The average molecular weight is 666 g/mol. The van der Waals surface area contributed by atoms with Crippen LogP contribution in [-0.2, 0) is 14.4 Å². The van der Waals surface area contributed by atoms with Gasteiger partial charge in [0.1, 0.15) is 11.8 Å². The summed E-state index contributed by atoms with van der Waals surface area (Å²) in [6, 6.07) is 13.0. The first-order chi connectivity index (χ1) is 22.2. The average Bonchev–Trinajstić information content (AvgIpc) is 3.71. The second kappa shape index (κ2) is 14.2. The van der Waals surface area contributed by atoms with E-state index in [1.807, 2.05) is 45.0 Å². The van der Waals surface area contributed by atoms with E-state index in [0.29, 0.717) is 48.0 Å². The molecular weight excluding hydrogens is 622 g/mol. The molecule has 2 unspecified atom stereocenters. The molecule has 0 radical (unpaired) electrons. The molecule has 2 aromatic carbocycles. The zero-order valence-corrected chi connectivity index (χ0v) is 28.4. The molecule has 1 N–H and O–H groups in total. The summed E-state index contributed by atoms with van der Waals surface area (Å²) in [6.07, 6.45) is 5.40. The van der Waals surface area contributed by atoms with Crippen LogP contribution < -0.4 is 14.5 Å². The number of hydrogen-bond donors (Lipinski definition) is 1. The Kier molecular flexibility index (Phi) is 10.5. The first-order valence-electron chi connectivity index (χ1n) is 16.1. The fourth-order valence-corrected chi connectivity index (χ4v) is 9.88. The van der Waals surface area contributed by atoms with E-state index < -0.39 is 28.7 Å². The Labute approximate surface area is 281 Å². The number of carbonyl (C=O) groups excluding carboxylic acids is 3. The molecule has 2 aromatic rings. The Bertz CT molecular complexity index is 1450. The molecule has 246 valence electrons. The molecule has 2 bridgehead atoms. The highest BCUT2D eigenvalue weighted by Crippen LogP contribution is 2.67. The molecule has 8 nitrogen and oxygen atoms in total. The van der Waals surface area contributed by atoms with E-state index in [1.165, 1.54) is 0 Å². The van der Waals surface area contributed by atoms with E-state index in [9.17, 15) is 19.5 Å². The number of fused-ring (bicyclic) bond motifs is 1. The van der Waals surface area contributed by atoms with E-state index >= 15 is 0 Å². The van der Waals surface area contributed by atoms with Crippen LogP contribution in [0, 0.1) is 17.8 Å². The molecule has 46 heavy (non-hydrogen) atoms. The number of aliphatic hydroxyl groups excluding tert-OH is 1. The number of thioether (sulfide) groups is 1. The van der Waals surface area contributed by atoms with Crippen molar-refractivity contribution >= 4 is 52.5 Å². The van der Waals surface area contributed by atoms with Crippen molar-refractivity contribution in [3.8, 4) is 5.75 Å².